The van der Waals surface area contributed by atoms with Crippen molar-refractivity contribution in [2.75, 3.05) is 13.2 Å². The Labute approximate surface area is 206 Å². The molecule has 0 unspecified atom stereocenters. The maximum Gasteiger partial charge on any atom is 0.119 e. The number of ether oxygens (including phenoxy) is 1. The van der Waals surface area contributed by atoms with Crippen LogP contribution >= 0.6 is 0 Å². The van der Waals surface area contributed by atoms with Gasteiger partial charge >= 0.3 is 0 Å². The number of hydrogen-bond acceptors (Lipinski definition) is 2. The second-order valence-electron chi connectivity index (χ2n) is 10.0. The predicted octanol–water partition coefficient (Wildman–Crippen LogP) is 9.81. The summed E-state index contributed by atoms with van der Waals surface area (Å²) >= 11 is 0. The molecule has 0 bridgehead atoms. The monoisotopic (exact) mass is 460 g/mol. The van der Waals surface area contributed by atoms with Gasteiger partial charge in [0.25, 0.3) is 0 Å². The van der Waals surface area contributed by atoms with Crippen LogP contribution in [0, 0.1) is 0 Å². The molecule has 2 heteroatoms. The van der Waals surface area contributed by atoms with Crippen molar-refractivity contribution in [1.82, 2.24) is 0 Å². The van der Waals surface area contributed by atoms with Gasteiger partial charge in [0.1, 0.15) is 12.4 Å². The van der Waals surface area contributed by atoms with Gasteiger partial charge < -0.3 is 9.84 Å². The fourth-order valence-electron chi connectivity index (χ4n) is 4.68. The minimum Gasteiger partial charge on any atom is -0.491 e. The van der Waals surface area contributed by atoms with E-state index in [-0.39, 0.29) is 6.61 Å². The third kappa shape index (κ3) is 20.1. The molecule has 0 radical (unpaired) electrons. The van der Waals surface area contributed by atoms with E-state index in [2.05, 4.69) is 19.1 Å². The van der Waals surface area contributed by atoms with Gasteiger partial charge in [-0.05, 0) is 30.5 Å². The molecule has 0 saturated heterocycles. The second kappa shape index (κ2) is 24.1. The van der Waals surface area contributed by atoms with Crippen LogP contribution in [-0.4, -0.2) is 18.3 Å². The van der Waals surface area contributed by atoms with Crippen LogP contribution in [0.4, 0.5) is 0 Å². The SMILES string of the molecule is CCCCCCCCCCCCCCCCCCCCCCCc1ccc(OCCO)cc1. The molecule has 0 aliphatic heterocycles. The number of aliphatic hydroxyl groups is 1. The van der Waals surface area contributed by atoms with Crippen LogP contribution in [0.5, 0.6) is 5.75 Å². The summed E-state index contributed by atoms with van der Waals surface area (Å²) < 4.78 is 5.41. The first-order chi connectivity index (χ1) is 16.4. The van der Waals surface area contributed by atoms with Crippen molar-refractivity contribution >= 4 is 0 Å². The van der Waals surface area contributed by atoms with Gasteiger partial charge in [-0.3, -0.25) is 0 Å². The third-order valence-corrected chi connectivity index (χ3v) is 6.85. The molecule has 0 aliphatic rings. The van der Waals surface area contributed by atoms with E-state index < -0.39 is 0 Å². The Bertz CT molecular complexity index is 496. The smallest absolute Gasteiger partial charge is 0.119 e. The molecule has 1 aromatic carbocycles. The zero-order valence-corrected chi connectivity index (χ0v) is 22.1. The quantitative estimate of drug-likeness (QED) is 0.147. The first-order valence-corrected chi connectivity index (χ1v) is 14.7. The first kappa shape index (κ1) is 30.0. The molecule has 0 aromatic heterocycles. The van der Waals surface area contributed by atoms with Gasteiger partial charge in [0.15, 0.2) is 0 Å². The fraction of sp³-hybridized carbons (Fsp3) is 0.806. The molecule has 33 heavy (non-hydrogen) atoms. The van der Waals surface area contributed by atoms with E-state index >= 15 is 0 Å². The third-order valence-electron chi connectivity index (χ3n) is 6.85. The number of unbranched alkanes of at least 4 members (excludes halogenated alkanes) is 20. The molecule has 2 nitrogen and oxygen atoms in total. The van der Waals surface area contributed by atoms with Crippen molar-refractivity contribution in [3.8, 4) is 5.75 Å². The fourth-order valence-corrected chi connectivity index (χ4v) is 4.68. The summed E-state index contributed by atoms with van der Waals surface area (Å²) in [5.74, 6) is 0.853. The van der Waals surface area contributed by atoms with Crippen LogP contribution < -0.4 is 4.74 Å². The van der Waals surface area contributed by atoms with Crippen molar-refractivity contribution in [3.63, 3.8) is 0 Å². The largest absolute Gasteiger partial charge is 0.491 e. The van der Waals surface area contributed by atoms with Gasteiger partial charge in [0, 0.05) is 0 Å². The molecule has 0 fully saturated rings. The van der Waals surface area contributed by atoms with Crippen molar-refractivity contribution in [2.24, 2.45) is 0 Å². The van der Waals surface area contributed by atoms with Crippen LogP contribution in [0.25, 0.3) is 0 Å². The van der Waals surface area contributed by atoms with Gasteiger partial charge in [-0.15, -0.1) is 0 Å². The molecular weight excluding hydrogens is 404 g/mol. The lowest BCUT2D eigenvalue weighted by Crippen LogP contribution is -2.01. The summed E-state index contributed by atoms with van der Waals surface area (Å²) in [6.45, 7) is 2.74. The summed E-state index contributed by atoms with van der Waals surface area (Å²) in [6, 6.07) is 8.34. The van der Waals surface area contributed by atoms with E-state index in [1.165, 1.54) is 147 Å². The zero-order valence-electron chi connectivity index (χ0n) is 22.1. The van der Waals surface area contributed by atoms with Crippen LogP contribution in [0.1, 0.15) is 147 Å². The number of rotatable bonds is 25. The van der Waals surface area contributed by atoms with E-state index in [0.717, 1.165) is 5.75 Å². The number of aryl methyl sites for hydroxylation is 1. The lowest BCUT2D eigenvalue weighted by Gasteiger charge is -2.06. The van der Waals surface area contributed by atoms with E-state index in [1.54, 1.807) is 0 Å². The van der Waals surface area contributed by atoms with Crippen LogP contribution in [0.15, 0.2) is 24.3 Å². The summed E-state index contributed by atoms with van der Waals surface area (Å²) in [5, 5.41) is 8.79. The lowest BCUT2D eigenvalue weighted by molar-refractivity contribution is 0.201. The number of benzene rings is 1. The van der Waals surface area contributed by atoms with Crippen molar-refractivity contribution in [1.29, 1.82) is 0 Å². The van der Waals surface area contributed by atoms with Crippen LogP contribution in [-0.2, 0) is 6.42 Å². The van der Waals surface area contributed by atoms with E-state index in [9.17, 15) is 0 Å². The van der Waals surface area contributed by atoms with Crippen LogP contribution in [0.3, 0.4) is 0 Å². The van der Waals surface area contributed by atoms with Gasteiger partial charge in [-0.25, -0.2) is 0 Å². The molecule has 0 aliphatic carbocycles. The Hall–Kier alpha value is -1.02. The topological polar surface area (TPSA) is 29.5 Å². The highest BCUT2D eigenvalue weighted by Gasteiger charge is 1.98. The van der Waals surface area contributed by atoms with E-state index in [4.69, 9.17) is 9.84 Å². The highest BCUT2D eigenvalue weighted by Crippen LogP contribution is 2.17. The van der Waals surface area contributed by atoms with Gasteiger partial charge in [-0.2, -0.15) is 0 Å². The predicted molar refractivity (Wildman–Crippen MR) is 145 cm³/mol. The Morgan fingerprint density at radius 3 is 1.24 bits per heavy atom. The molecule has 0 saturated carbocycles. The Kier molecular flexibility index (Phi) is 21.9. The summed E-state index contributed by atoms with van der Waals surface area (Å²) in [5.41, 5.74) is 1.39. The molecule has 0 spiro atoms. The standard InChI is InChI=1S/C31H56O2/c1-2-3-4-5-6-7-8-9-10-11-12-13-14-15-16-17-18-19-20-21-22-23-30-24-26-31(27-25-30)33-29-28-32/h24-27,32H,2-23,28-29H2,1H3. The maximum atomic E-state index is 8.79. The normalized spacial score (nSPS) is 11.2. The minimum atomic E-state index is 0.0706. The van der Waals surface area contributed by atoms with Gasteiger partial charge in [-0.1, -0.05) is 147 Å². The zero-order chi connectivity index (χ0) is 23.7. The molecule has 192 valence electrons. The highest BCUT2D eigenvalue weighted by molar-refractivity contribution is 5.27. The van der Waals surface area contributed by atoms with Crippen molar-refractivity contribution in [2.45, 2.75) is 148 Å². The Balaban J connectivity index is 1.74. The minimum absolute atomic E-state index is 0.0706. The van der Waals surface area contributed by atoms with Crippen LogP contribution in [0.2, 0.25) is 0 Å². The number of aliphatic hydroxyl groups excluding tert-OH is 1. The molecule has 1 N–H and O–H groups in total. The average molecular weight is 461 g/mol. The summed E-state index contributed by atoms with van der Waals surface area (Å²) in [7, 11) is 0. The van der Waals surface area contributed by atoms with Crippen molar-refractivity contribution in [3.05, 3.63) is 29.8 Å². The van der Waals surface area contributed by atoms with Gasteiger partial charge in [0.05, 0.1) is 6.61 Å². The van der Waals surface area contributed by atoms with E-state index in [1.807, 2.05) is 12.1 Å². The lowest BCUT2D eigenvalue weighted by atomic mass is 10.0. The second-order valence-corrected chi connectivity index (χ2v) is 10.0. The average Bonchev–Trinajstić information content (AvgIpc) is 2.84. The van der Waals surface area contributed by atoms with Crippen molar-refractivity contribution < 1.29 is 9.84 Å². The summed E-state index contributed by atoms with van der Waals surface area (Å²) in [6.07, 6.45) is 31.3. The molecule has 0 atom stereocenters. The molecular formula is C31H56O2. The molecule has 0 amide bonds. The summed E-state index contributed by atoms with van der Waals surface area (Å²) in [4.78, 5) is 0. The molecule has 1 rings (SSSR count). The molecule has 1 aromatic rings. The number of hydrogen-bond donors (Lipinski definition) is 1. The molecule has 0 heterocycles. The maximum absolute atomic E-state index is 8.79. The van der Waals surface area contributed by atoms with Gasteiger partial charge in [0.2, 0.25) is 0 Å². The Morgan fingerprint density at radius 1 is 0.515 bits per heavy atom. The van der Waals surface area contributed by atoms with E-state index in [0.29, 0.717) is 6.61 Å². The Morgan fingerprint density at radius 2 is 0.879 bits per heavy atom. The highest BCUT2D eigenvalue weighted by atomic mass is 16.5. The first-order valence-electron chi connectivity index (χ1n) is 14.7.